The molecule has 0 spiro atoms. The number of H-pyrrole nitrogens is 1. The van der Waals surface area contributed by atoms with E-state index in [-0.39, 0.29) is 23.3 Å². The minimum Gasteiger partial charge on any atom is -0.490 e. The Kier molecular flexibility index (Phi) is 5.61. The van der Waals surface area contributed by atoms with Gasteiger partial charge in [-0.3, -0.25) is 4.79 Å². The molecule has 2 aromatic carbocycles. The lowest BCUT2D eigenvalue weighted by molar-refractivity contribution is -0.137. The van der Waals surface area contributed by atoms with Crippen molar-refractivity contribution in [2.24, 2.45) is 11.3 Å². The molecule has 0 unspecified atom stereocenters. The van der Waals surface area contributed by atoms with Crippen LogP contribution in [0.25, 0.3) is 10.9 Å². The highest BCUT2D eigenvalue weighted by Gasteiger charge is 2.46. The lowest BCUT2D eigenvalue weighted by Gasteiger charge is -2.44. The van der Waals surface area contributed by atoms with Crippen LogP contribution in [0.1, 0.15) is 63.0 Å². The van der Waals surface area contributed by atoms with E-state index in [2.05, 4.69) is 24.1 Å². The van der Waals surface area contributed by atoms with Gasteiger partial charge in [0.05, 0.1) is 17.4 Å². The van der Waals surface area contributed by atoms with Crippen molar-refractivity contribution in [3.05, 3.63) is 59.8 Å². The van der Waals surface area contributed by atoms with E-state index in [4.69, 9.17) is 4.74 Å². The van der Waals surface area contributed by atoms with Gasteiger partial charge in [0.25, 0.3) is 0 Å². The van der Waals surface area contributed by atoms with E-state index in [9.17, 15) is 18.0 Å². The molecule has 3 aromatic rings. The number of carbonyl (C=O) groups excluding carboxylic acids is 1. The summed E-state index contributed by atoms with van der Waals surface area (Å²) in [5, 5.41) is 4.03. The van der Waals surface area contributed by atoms with Crippen LogP contribution in [0.3, 0.4) is 0 Å². The molecule has 2 saturated carbocycles. The van der Waals surface area contributed by atoms with E-state index in [1.54, 1.807) is 12.1 Å². The molecular weight excluding hydrogens is 441 g/mol. The first-order valence-electron chi connectivity index (χ1n) is 11.9. The molecule has 0 atom stereocenters. The van der Waals surface area contributed by atoms with E-state index >= 15 is 0 Å². The van der Waals surface area contributed by atoms with Crippen LogP contribution in [0.4, 0.5) is 18.9 Å². The maximum Gasteiger partial charge on any atom is 0.416 e. The Morgan fingerprint density at radius 1 is 1.15 bits per heavy atom. The minimum atomic E-state index is -4.31. The number of hydrogen-bond acceptors (Lipinski definition) is 2. The fourth-order valence-corrected chi connectivity index (χ4v) is 5.51. The number of benzene rings is 2. The summed E-state index contributed by atoms with van der Waals surface area (Å²) in [6.45, 7) is 4.25. The summed E-state index contributed by atoms with van der Waals surface area (Å²) < 4.78 is 44.5. The number of amides is 1. The monoisotopic (exact) mass is 470 g/mol. The molecule has 34 heavy (non-hydrogen) atoms. The summed E-state index contributed by atoms with van der Waals surface area (Å²) in [7, 11) is 0. The van der Waals surface area contributed by atoms with E-state index < -0.39 is 11.7 Å². The van der Waals surface area contributed by atoms with Crippen molar-refractivity contribution >= 4 is 22.5 Å². The summed E-state index contributed by atoms with van der Waals surface area (Å²) in [6.07, 6.45) is 1.73. The number of alkyl halides is 3. The van der Waals surface area contributed by atoms with Gasteiger partial charge < -0.3 is 15.0 Å². The highest BCUT2D eigenvalue weighted by Crippen LogP contribution is 2.49. The Morgan fingerprint density at radius 2 is 1.85 bits per heavy atom. The van der Waals surface area contributed by atoms with Crippen molar-refractivity contribution in [1.29, 1.82) is 0 Å². The van der Waals surface area contributed by atoms with Crippen LogP contribution in [0.2, 0.25) is 0 Å². The molecule has 2 aliphatic carbocycles. The predicted molar refractivity (Wildman–Crippen MR) is 126 cm³/mol. The first-order chi connectivity index (χ1) is 16.2. The maximum absolute atomic E-state index is 13.0. The van der Waals surface area contributed by atoms with Crippen LogP contribution < -0.4 is 10.1 Å². The third-order valence-corrected chi connectivity index (χ3v) is 7.65. The second kappa shape index (κ2) is 8.36. The number of carbonyl (C=O) groups is 1. The van der Waals surface area contributed by atoms with Crippen LogP contribution in [-0.2, 0) is 11.0 Å². The number of hydrogen-bond donors (Lipinski definition) is 2. The second-order valence-electron chi connectivity index (χ2n) is 10.0. The largest absolute Gasteiger partial charge is 0.490 e. The van der Waals surface area contributed by atoms with Gasteiger partial charge in [0, 0.05) is 22.5 Å². The molecule has 2 N–H and O–H groups in total. The predicted octanol–water partition coefficient (Wildman–Crippen LogP) is 7.28. The smallest absolute Gasteiger partial charge is 0.416 e. The maximum atomic E-state index is 13.0. The van der Waals surface area contributed by atoms with Gasteiger partial charge >= 0.3 is 6.18 Å². The van der Waals surface area contributed by atoms with E-state index in [0.717, 1.165) is 72.1 Å². The van der Waals surface area contributed by atoms with Crippen molar-refractivity contribution in [3.63, 3.8) is 0 Å². The fourth-order valence-electron chi connectivity index (χ4n) is 5.51. The quantitative estimate of drug-likeness (QED) is 0.398. The van der Waals surface area contributed by atoms with Crippen molar-refractivity contribution < 1.29 is 22.7 Å². The summed E-state index contributed by atoms with van der Waals surface area (Å²) >= 11 is 0. The highest BCUT2D eigenvalue weighted by atomic mass is 19.4. The second-order valence-corrected chi connectivity index (χ2v) is 10.0. The zero-order valence-electron chi connectivity index (χ0n) is 19.3. The molecule has 4 nitrogen and oxygen atoms in total. The number of fused-ring (bicyclic) bond motifs is 1. The Morgan fingerprint density at radius 3 is 2.47 bits per heavy atom. The molecule has 1 heterocycles. The summed E-state index contributed by atoms with van der Waals surface area (Å²) in [4.78, 5) is 16.2. The van der Waals surface area contributed by atoms with Gasteiger partial charge in [0.2, 0.25) is 5.91 Å². The van der Waals surface area contributed by atoms with Crippen molar-refractivity contribution in [3.8, 4) is 5.75 Å². The zero-order chi connectivity index (χ0) is 24.1. The minimum absolute atomic E-state index is 0.0153. The van der Waals surface area contributed by atoms with Crippen LogP contribution in [-0.4, -0.2) is 17.0 Å². The van der Waals surface area contributed by atoms with Gasteiger partial charge in [-0.2, -0.15) is 13.2 Å². The molecule has 0 saturated heterocycles. The molecule has 0 bridgehead atoms. The number of rotatable bonds is 6. The molecule has 5 rings (SSSR count). The van der Waals surface area contributed by atoms with Crippen LogP contribution >= 0.6 is 0 Å². The normalized spacial score (nSPS) is 26.6. The van der Waals surface area contributed by atoms with Gasteiger partial charge in [0.15, 0.2) is 0 Å². The van der Waals surface area contributed by atoms with Crippen LogP contribution in [0, 0.1) is 11.3 Å². The van der Waals surface area contributed by atoms with Crippen LogP contribution in [0.15, 0.2) is 48.7 Å². The van der Waals surface area contributed by atoms with E-state index in [0.29, 0.717) is 5.92 Å². The molecule has 2 aliphatic rings. The zero-order valence-corrected chi connectivity index (χ0v) is 19.3. The number of aromatic amines is 1. The van der Waals surface area contributed by atoms with E-state index in [1.807, 2.05) is 24.4 Å². The molecule has 0 aliphatic heterocycles. The molecule has 1 amide bonds. The summed E-state index contributed by atoms with van der Waals surface area (Å²) in [5.41, 5.74) is 1.70. The fraction of sp³-hybridized carbons (Fsp3) is 0.444. The Hall–Kier alpha value is -2.96. The lowest BCUT2D eigenvalue weighted by atomic mass is 9.60. The molecule has 1 aromatic heterocycles. The van der Waals surface area contributed by atoms with Crippen molar-refractivity contribution in [2.45, 2.75) is 64.1 Å². The van der Waals surface area contributed by atoms with Crippen LogP contribution in [0.5, 0.6) is 5.75 Å². The first-order valence-corrected chi connectivity index (χ1v) is 11.9. The van der Waals surface area contributed by atoms with Gasteiger partial charge in [0.1, 0.15) is 5.75 Å². The van der Waals surface area contributed by atoms with Gasteiger partial charge in [-0.05, 0) is 79.8 Å². The highest BCUT2D eigenvalue weighted by molar-refractivity contribution is 6.04. The third kappa shape index (κ3) is 4.17. The number of nitrogens with one attached hydrogen (secondary N) is 2. The SMILES string of the molecule is CCC1(C(=O)Nc2c[nH]c3ccc(OC4CC(c5ccc(C(F)(F)F)cc5)C4)cc23)CC(C)C1. The number of halogens is 3. The molecule has 2 fully saturated rings. The standard InChI is InChI=1S/C27H29F3N2O2/c1-3-26(13-16(2)14-26)25(33)32-24-15-31-23-9-8-20(12-22(23)24)34-21-10-18(11-21)17-4-6-19(7-5-17)27(28,29)30/h4-9,12,15-16,18,21,31H,3,10-11,13-14H2,1-2H3,(H,32,33). The van der Waals surface area contributed by atoms with Gasteiger partial charge in [-0.15, -0.1) is 0 Å². The molecule has 7 heteroatoms. The number of anilines is 1. The van der Waals surface area contributed by atoms with Crippen molar-refractivity contribution in [2.75, 3.05) is 5.32 Å². The summed E-state index contributed by atoms with van der Waals surface area (Å²) in [5.74, 6) is 1.59. The van der Waals surface area contributed by atoms with E-state index in [1.165, 1.54) is 0 Å². The number of ether oxygens (including phenoxy) is 1. The molecular formula is C27H29F3N2O2. The molecule has 180 valence electrons. The third-order valence-electron chi connectivity index (χ3n) is 7.65. The Labute approximate surface area is 196 Å². The average Bonchev–Trinajstić information content (AvgIpc) is 3.15. The average molecular weight is 471 g/mol. The Bertz CT molecular complexity index is 1190. The van der Waals surface area contributed by atoms with Crippen molar-refractivity contribution in [1.82, 2.24) is 4.98 Å². The Balaban J connectivity index is 1.22. The molecule has 0 radical (unpaired) electrons. The first kappa shape index (κ1) is 22.8. The van der Waals surface area contributed by atoms with Gasteiger partial charge in [-0.1, -0.05) is 26.0 Å². The topological polar surface area (TPSA) is 54.1 Å². The lowest BCUT2D eigenvalue weighted by Crippen LogP contribution is -2.45. The summed E-state index contributed by atoms with van der Waals surface area (Å²) in [6, 6.07) is 11.2. The number of aromatic nitrogens is 1. The van der Waals surface area contributed by atoms with Gasteiger partial charge in [-0.25, -0.2) is 0 Å².